The molecule has 2 unspecified atom stereocenters. The molecule has 0 amide bonds. The highest BCUT2D eigenvalue weighted by Gasteiger charge is 2.36. The molecule has 6 nitrogen and oxygen atoms in total. The van der Waals surface area contributed by atoms with E-state index < -0.39 is 0 Å². The Labute approximate surface area is 192 Å². The Morgan fingerprint density at radius 1 is 1.09 bits per heavy atom. The standard InChI is InChI=1S/C26H30FN5O/c27-18-6-7-20-17(15-18)5-8-22-21(20)16-25(29-22)28-11-14-31-12-9-19(10-13-31)32-24-4-2-1-3-23(24)30-26(32)33/h1-4,6-7,15,19,21-22H,5,8-14,16H2,(H,28,29)(H,30,33). The molecule has 0 bridgehead atoms. The van der Waals surface area contributed by atoms with Crippen molar-refractivity contribution < 1.29 is 4.39 Å². The van der Waals surface area contributed by atoms with Crippen molar-refractivity contribution in [3.8, 4) is 0 Å². The molecule has 0 radical (unpaired) electrons. The van der Waals surface area contributed by atoms with Gasteiger partial charge in [0, 0.05) is 44.1 Å². The summed E-state index contributed by atoms with van der Waals surface area (Å²) in [5.41, 5.74) is 4.37. The van der Waals surface area contributed by atoms with Crippen molar-refractivity contribution >= 4 is 16.9 Å². The molecule has 2 saturated heterocycles. The number of likely N-dealkylation sites (tertiary alicyclic amines) is 1. The number of hydrogen-bond acceptors (Lipinski definition) is 3. The Balaban J connectivity index is 1.04. The van der Waals surface area contributed by atoms with Gasteiger partial charge < -0.3 is 15.2 Å². The van der Waals surface area contributed by atoms with E-state index in [1.165, 1.54) is 5.56 Å². The summed E-state index contributed by atoms with van der Waals surface area (Å²) < 4.78 is 15.5. The second-order valence-corrected chi connectivity index (χ2v) is 9.66. The second-order valence-electron chi connectivity index (χ2n) is 9.66. The van der Waals surface area contributed by atoms with Crippen molar-refractivity contribution in [2.24, 2.45) is 4.99 Å². The molecule has 3 aromatic rings. The normalized spacial score (nSPS) is 24.7. The lowest BCUT2D eigenvalue weighted by Gasteiger charge is -2.32. The Bertz CT molecular complexity index is 1250. The van der Waals surface area contributed by atoms with Crippen molar-refractivity contribution in [3.05, 3.63) is 69.9 Å². The molecule has 3 aliphatic rings. The molecule has 2 atom stereocenters. The number of halogens is 1. The van der Waals surface area contributed by atoms with Crippen LogP contribution < -0.4 is 11.0 Å². The molecule has 33 heavy (non-hydrogen) atoms. The molecule has 172 valence electrons. The molecule has 0 saturated carbocycles. The van der Waals surface area contributed by atoms with Gasteiger partial charge in [-0.15, -0.1) is 0 Å². The number of aromatic amines is 1. The number of aliphatic imine (C=N–C) groups is 1. The van der Waals surface area contributed by atoms with E-state index in [4.69, 9.17) is 4.99 Å². The predicted octanol–water partition coefficient (Wildman–Crippen LogP) is 3.60. The van der Waals surface area contributed by atoms with E-state index in [0.29, 0.717) is 12.0 Å². The molecule has 0 spiro atoms. The van der Waals surface area contributed by atoms with Crippen LogP contribution in [-0.4, -0.2) is 52.5 Å². The molecule has 2 aromatic carbocycles. The van der Waals surface area contributed by atoms with Gasteiger partial charge in [0.1, 0.15) is 5.82 Å². The number of aromatic nitrogens is 2. The van der Waals surface area contributed by atoms with E-state index in [1.807, 2.05) is 34.9 Å². The second kappa shape index (κ2) is 8.45. The van der Waals surface area contributed by atoms with Crippen LogP contribution in [0.2, 0.25) is 0 Å². The Morgan fingerprint density at radius 3 is 2.82 bits per heavy atom. The first-order valence-corrected chi connectivity index (χ1v) is 12.2. The van der Waals surface area contributed by atoms with Crippen LogP contribution in [0.3, 0.4) is 0 Å². The number of nitrogens with zero attached hydrogens (tertiary/aromatic N) is 3. The molecule has 2 aliphatic heterocycles. The van der Waals surface area contributed by atoms with Crippen molar-refractivity contribution in [2.75, 3.05) is 26.2 Å². The van der Waals surface area contributed by atoms with Gasteiger partial charge in [-0.2, -0.15) is 0 Å². The van der Waals surface area contributed by atoms with E-state index in [9.17, 15) is 9.18 Å². The molecular weight excluding hydrogens is 417 g/mol. The highest BCUT2D eigenvalue weighted by molar-refractivity contribution is 5.86. The number of aryl methyl sites for hydroxylation is 1. The lowest BCUT2D eigenvalue weighted by atomic mass is 9.80. The van der Waals surface area contributed by atoms with E-state index in [-0.39, 0.29) is 17.5 Å². The number of para-hydroxylation sites is 2. The third kappa shape index (κ3) is 3.88. The van der Waals surface area contributed by atoms with Gasteiger partial charge in [-0.05, 0) is 61.1 Å². The highest BCUT2D eigenvalue weighted by Crippen LogP contribution is 2.38. The maximum absolute atomic E-state index is 13.6. The molecule has 1 aliphatic carbocycles. The number of benzene rings is 2. The quantitative estimate of drug-likeness (QED) is 0.642. The SMILES string of the molecule is O=c1[nH]c2ccccc2n1C1CCN(CCN=C2CC3c4ccc(F)cc4CCC3N2)CC1. The summed E-state index contributed by atoms with van der Waals surface area (Å²) in [6, 6.07) is 13.9. The van der Waals surface area contributed by atoms with Crippen LogP contribution >= 0.6 is 0 Å². The van der Waals surface area contributed by atoms with Crippen molar-refractivity contribution in [3.63, 3.8) is 0 Å². The van der Waals surface area contributed by atoms with E-state index in [2.05, 4.69) is 15.2 Å². The van der Waals surface area contributed by atoms with Crippen molar-refractivity contribution in [2.45, 2.75) is 50.1 Å². The van der Waals surface area contributed by atoms with Crippen LogP contribution in [0.5, 0.6) is 0 Å². The molecule has 6 rings (SSSR count). The fraction of sp³-hybridized carbons (Fsp3) is 0.462. The Morgan fingerprint density at radius 2 is 1.94 bits per heavy atom. The summed E-state index contributed by atoms with van der Waals surface area (Å²) in [5.74, 6) is 1.38. The van der Waals surface area contributed by atoms with E-state index in [0.717, 1.165) is 80.7 Å². The zero-order valence-corrected chi connectivity index (χ0v) is 18.8. The first-order chi connectivity index (χ1) is 16.2. The Hall–Kier alpha value is -2.93. The predicted molar refractivity (Wildman–Crippen MR) is 129 cm³/mol. The number of nitrogens with one attached hydrogen (secondary N) is 2. The first-order valence-electron chi connectivity index (χ1n) is 12.2. The van der Waals surface area contributed by atoms with Crippen LogP contribution in [0, 0.1) is 5.82 Å². The molecular formula is C26H30FN5O. The lowest BCUT2D eigenvalue weighted by Crippen LogP contribution is -2.38. The van der Waals surface area contributed by atoms with E-state index in [1.54, 1.807) is 12.1 Å². The number of imidazole rings is 1. The molecule has 2 fully saturated rings. The number of amidine groups is 1. The minimum absolute atomic E-state index is 0.000799. The summed E-state index contributed by atoms with van der Waals surface area (Å²) in [7, 11) is 0. The first kappa shape index (κ1) is 20.7. The molecule has 1 aromatic heterocycles. The van der Waals surface area contributed by atoms with E-state index >= 15 is 0 Å². The van der Waals surface area contributed by atoms with Gasteiger partial charge in [-0.25, -0.2) is 9.18 Å². The van der Waals surface area contributed by atoms with Crippen LogP contribution in [0.15, 0.2) is 52.3 Å². The highest BCUT2D eigenvalue weighted by atomic mass is 19.1. The fourth-order valence-electron chi connectivity index (χ4n) is 6.06. The van der Waals surface area contributed by atoms with Gasteiger partial charge >= 0.3 is 5.69 Å². The fourth-order valence-corrected chi connectivity index (χ4v) is 6.06. The van der Waals surface area contributed by atoms with Gasteiger partial charge in [0.2, 0.25) is 0 Å². The van der Waals surface area contributed by atoms with Gasteiger partial charge in [-0.3, -0.25) is 9.56 Å². The summed E-state index contributed by atoms with van der Waals surface area (Å²) in [5, 5.41) is 3.63. The van der Waals surface area contributed by atoms with Crippen molar-refractivity contribution in [1.82, 2.24) is 19.8 Å². The summed E-state index contributed by atoms with van der Waals surface area (Å²) in [6.07, 6.45) is 4.86. The van der Waals surface area contributed by atoms with Gasteiger partial charge in [0.05, 0.1) is 23.4 Å². The summed E-state index contributed by atoms with van der Waals surface area (Å²) in [6.45, 7) is 3.70. The summed E-state index contributed by atoms with van der Waals surface area (Å²) in [4.78, 5) is 22.8. The summed E-state index contributed by atoms with van der Waals surface area (Å²) >= 11 is 0. The smallest absolute Gasteiger partial charge is 0.326 e. The molecule has 7 heteroatoms. The van der Waals surface area contributed by atoms with Crippen molar-refractivity contribution in [1.29, 1.82) is 0 Å². The maximum Gasteiger partial charge on any atom is 0.326 e. The third-order valence-corrected chi connectivity index (χ3v) is 7.75. The topological polar surface area (TPSA) is 65.4 Å². The minimum Gasteiger partial charge on any atom is -0.370 e. The largest absolute Gasteiger partial charge is 0.370 e. The Kier molecular flexibility index (Phi) is 5.29. The third-order valence-electron chi connectivity index (χ3n) is 7.75. The lowest BCUT2D eigenvalue weighted by molar-refractivity contribution is 0.191. The van der Waals surface area contributed by atoms with Gasteiger partial charge in [0.15, 0.2) is 0 Å². The number of H-pyrrole nitrogens is 1. The van der Waals surface area contributed by atoms with Gasteiger partial charge in [-0.1, -0.05) is 18.2 Å². The number of hydrogen-bond donors (Lipinski definition) is 2. The average Bonchev–Trinajstić information content (AvgIpc) is 3.39. The van der Waals surface area contributed by atoms with Crippen LogP contribution in [-0.2, 0) is 6.42 Å². The van der Waals surface area contributed by atoms with Gasteiger partial charge in [0.25, 0.3) is 0 Å². The minimum atomic E-state index is -0.134. The number of piperidine rings is 1. The maximum atomic E-state index is 13.6. The van der Waals surface area contributed by atoms with Crippen LogP contribution in [0.1, 0.15) is 48.8 Å². The number of rotatable bonds is 4. The molecule has 2 N–H and O–H groups in total. The molecule has 3 heterocycles. The van der Waals surface area contributed by atoms with Crippen LogP contribution in [0.4, 0.5) is 4.39 Å². The zero-order chi connectivity index (χ0) is 22.4. The average molecular weight is 448 g/mol. The zero-order valence-electron chi connectivity index (χ0n) is 18.8. The van der Waals surface area contributed by atoms with Crippen LogP contribution in [0.25, 0.3) is 11.0 Å². The number of fused-ring (bicyclic) bond motifs is 4. The monoisotopic (exact) mass is 447 g/mol.